The monoisotopic (exact) mass is 1010 g/mol. The van der Waals surface area contributed by atoms with Crippen molar-refractivity contribution in [3.05, 3.63) is 12.2 Å². The number of likely N-dealkylation sites (N-methyl/N-ethyl adjacent to an activating group) is 1. The number of aliphatic carboxylic acids is 1. The summed E-state index contributed by atoms with van der Waals surface area (Å²) in [5.74, 6) is -2.28. The first-order valence-electron chi connectivity index (χ1n) is 30.8. The van der Waals surface area contributed by atoms with Gasteiger partial charge in [-0.1, -0.05) is 270 Å². The summed E-state index contributed by atoms with van der Waals surface area (Å²) in [5.41, 5.74) is 0. The number of esters is 2. The molecule has 0 radical (unpaired) electrons. The van der Waals surface area contributed by atoms with E-state index in [0.717, 1.165) is 51.4 Å². The molecule has 0 fully saturated rings. The van der Waals surface area contributed by atoms with Crippen molar-refractivity contribution < 1.29 is 42.9 Å². The molecule has 9 heteroatoms. The molecule has 0 aliphatic rings. The van der Waals surface area contributed by atoms with E-state index in [1.54, 1.807) is 0 Å². The van der Waals surface area contributed by atoms with Crippen LogP contribution in [0.2, 0.25) is 0 Å². The summed E-state index contributed by atoms with van der Waals surface area (Å²) in [6.45, 7) is 4.76. The summed E-state index contributed by atoms with van der Waals surface area (Å²) < 4.78 is 22.7. The Bertz CT molecular complexity index is 1170. The number of carbonyl (C=O) groups is 3. The van der Waals surface area contributed by atoms with Gasteiger partial charge in [-0.05, 0) is 38.5 Å². The zero-order valence-corrected chi connectivity index (χ0v) is 47.9. The molecule has 0 spiro atoms. The number of allylic oxidation sites excluding steroid dienone is 2. The van der Waals surface area contributed by atoms with Gasteiger partial charge in [0, 0.05) is 12.8 Å². The predicted octanol–water partition coefficient (Wildman–Crippen LogP) is 16.8. The van der Waals surface area contributed by atoms with Gasteiger partial charge in [-0.2, -0.15) is 0 Å². The van der Waals surface area contributed by atoms with Crippen molar-refractivity contribution in [3.63, 3.8) is 0 Å². The largest absolute Gasteiger partial charge is 0.545 e. The van der Waals surface area contributed by atoms with Crippen LogP contribution in [0.3, 0.4) is 0 Å². The number of carbonyl (C=O) groups excluding carboxylic acids is 3. The summed E-state index contributed by atoms with van der Waals surface area (Å²) in [4.78, 5) is 37.2. The van der Waals surface area contributed by atoms with Crippen LogP contribution in [0.25, 0.3) is 0 Å². The standard InChI is InChI=1S/C62H119NO8/c1-6-8-10-12-14-16-18-20-21-22-23-24-25-26-27-28-29-30-31-32-33-34-35-36-37-38-39-40-41-43-44-46-48-50-52-59(64)69-56-58(57-70-62(61(66)67)68-55-54-63(3,4)5)71-60(65)53-51-49-47-45-42-19-17-15-13-11-9-7-2/h15,17,58,62H,6-14,16,18-57H2,1-5H3/b17-15-. The molecule has 0 aromatic heterocycles. The normalized spacial score (nSPS) is 12.7. The van der Waals surface area contributed by atoms with Gasteiger partial charge in [-0.3, -0.25) is 9.59 Å². The van der Waals surface area contributed by atoms with Crippen LogP contribution < -0.4 is 5.11 Å². The molecule has 0 saturated carbocycles. The van der Waals surface area contributed by atoms with Gasteiger partial charge in [0.05, 0.1) is 40.3 Å². The number of unbranched alkanes of at least 4 members (excludes halogenated alkanes) is 41. The lowest BCUT2D eigenvalue weighted by molar-refractivity contribution is -0.870. The SMILES string of the molecule is CCCCC/C=C\CCCCCCCC(=O)OC(COC(=O)CCCCCCCCCCCCCCCCCCCCCCCCCCCCCCCCCCCC)COC(OCC[N+](C)(C)C)C(=O)[O-]. The molecule has 0 aliphatic heterocycles. The van der Waals surface area contributed by atoms with Crippen LogP contribution in [-0.2, 0) is 33.3 Å². The molecule has 420 valence electrons. The number of nitrogens with zero attached hydrogens (tertiary/aromatic N) is 1. The minimum absolute atomic E-state index is 0.149. The molecule has 0 aliphatic carbocycles. The van der Waals surface area contributed by atoms with Crippen molar-refractivity contribution in [2.75, 3.05) is 47.5 Å². The second-order valence-corrected chi connectivity index (χ2v) is 22.4. The lowest BCUT2D eigenvalue weighted by Gasteiger charge is -2.26. The Morgan fingerprint density at radius 3 is 1.07 bits per heavy atom. The predicted molar refractivity (Wildman–Crippen MR) is 297 cm³/mol. The van der Waals surface area contributed by atoms with Crippen molar-refractivity contribution >= 4 is 17.9 Å². The van der Waals surface area contributed by atoms with Gasteiger partial charge in [0.1, 0.15) is 13.2 Å². The first kappa shape index (κ1) is 69.0. The quantitative estimate of drug-likeness (QED) is 0.0195. The minimum atomic E-state index is -1.62. The van der Waals surface area contributed by atoms with Crippen LogP contribution in [0.1, 0.15) is 309 Å². The Labute approximate surface area is 440 Å². The maximum absolute atomic E-state index is 12.8. The highest BCUT2D eigenvalue weighted by Gasteiger charge is 2.22. The van der Waals surface area contributed by atoms with Crippen LogP contribution in [0.15, 0.2) is 12.2 Å². The molecule has 0 aromatic rings. The highest BCUT2D eigenvalue weighted by atomic mass is 16.7. The van der Waals surface area contributed by atoms with Gasteiger partial charge in [0.25, 0.3) is 0 Å². The zero-order chi connectivity index (χ0) is 52.0. The number of ether oxygens (including phenoxy) is 4. The summed E-state index contributed by atoms with van der Waals surface area (Å²) in [7, 11) is 5.92. The molecule has 0 aromatic carbocycles. The van der Waals surface area contributed by atoms with E-state index < -0.39 is 24.3 Å². The molecule has 9 nitrogen and oxygen atoms in total. The number of carboxylic acid groups (broad SMARTS) is 1. The van der Waals surface area contributed by atoms with Gasteiger partial charge in [0.15, 0.2) is 12.4 Å². The number of rotatable bonds is 58. The van der Waals surface area contributed by atoms with E-state index in [9.17, 15) is 19.5 Å². The molecule has 0 heterocycles. The molecule has 0 bridgehead atoms. The topological polar surface area (TPSA) is 111 Å². The summed E-state index contributed by atoms with van der Waals surface area (Å²) in [6.07, 6.45) is 60.2. The summed E-state index contributed by atoms with van der Waals surface area (Å²) in [5, 5.41) is 11.7. The van der Waals surface area contributed by atoms with Gasteiger partial charge in [-0.15, -0.1) is 0 Å². The van der Waals surface area contributed by atoms with E-state index >= 15 is 0 Å². The smallest absolute Gasteiger partial charge is 0.306 e. The van der Waals surface area contributed by atoms with Gasteiger partial charge in [0.2, 0.25) is 0 Å². The molecule has 71 heavy (non-hydrogen) atoms. The third-order valence-corrected chi connectivity index (χ3v) is 14.0. The number of hydrogen-bond acceptors (Lipinski definition) is 8. The Kier molecular flexibility index (Phi) is 52.8. The molecule has 2 atom stereocenters. The lowest BCUT2D eigenvalue weighted by Crippen LogP contribution is -2.44. The van der Waals surface area contributed by atoms with E-state index in [0.29, 0.717) is 23.9 Å². The van der Waals surface area contributed by atoms with Crippen LogP contribution in [0.5, 0.6) is 0 Å². The Balaban J connectivity index is 3.93. The van der Waals surface area contributed by atoms with Crippen molar-refractivity contribution in [2.45, 2.75) is 322 Å². The highest BCUT2D eigenvalue weighted by Crippen LogP contribution is 2.18. The Morgan fingerprint density at radius 2 is 0.718 bits per heavy atom. The van der Waals surface area contributed by atoms with E-state index in [2.05, 4.69) is 26.0 Å². The van der Waals surface area contributed by atoms with E-state index in [1.807, 2.05) is 21.1 Å². The van der Waals surface area contributed by atoms with Crippen LogP contribution in [-0.4, -0.2) is 82.3 Å². The molecule has 0 rings (SSSR count). The van der Waals surface area contributed by atoms with Gasteiger partial charge in [-0.25, -0.2) is 0 Å². The fraction of sp³-hybridized carbons (Fsp3) is 0.919. The molecule has 2 unspecified atom stereocenters. The van der Waals surface area contributed by atoms with Gasteiger partial charge >= 0.3 is 11.9 Å². The third kappa shape index (κ3) is 55.6. The van der Waals surface area contributed by atoms with Crippen molar-refractivity contribution in [1.82, 2.24) is 0 Å². The van der Waals surface area contributed by atoms with E-state index in [1.165, 1.54) is 225 Å². The second-order valence-electron chi connectivity index (χ2n) is 22.4. The fourth-order valence-corrected chi connectivity index (χ4v) is 9.24. The maximum atomic E-state index is 12.8. The summed E-state index contributed by atoms with van der Waals surface area (Å²) in [6, 6.07) is 0. The average Bonchev–Trinajstić information content (AvgIpc) is 3.34. The fourth-order valence-electron chi connectivity index (χ4n) is 9.24. The zero-order valence-electron chi connectivity index (χ0n) is 47.9. The first-order chi connectivity index (χ1) is 34.6. The molecular weight excluding hydrogens is 887 g/mol. The van der Waals surface area contributed by atoms with Crippen molar-refractivity contribution in [1.29, 1.82) is 0 Å². The maximum Gasteiger partial charge on any atom is 0.306 e. The molecule has 0 saturated heterocycles. The molecular formula is C62H119NO8. The van der Waals surface area contributed by atoms with Crippen LogP contribution in [0.4, 0.5) is 0 Å². The van der Waals surface area contributed by atoms with Crippen LogP contribution >= 0.6 is 0 Å². The summed E-state index contributed by atoms with van der Waals surface area (Å²) >= 11 is 0. The average molecular weight is 1010 g/mol. The molecule has 0 amide bonds. The first-order valence-corrected chi connectivity index (χ1v) is 30.8. The second kappa shape index (κ2) is 54.3. The minimum Gasteiger partial charge on any atom is -0.545 e. The van der Waals surface area contributed by atoms with E-state index in [4.69, 9.17) is 18.9 Å². The van der Waals surface area contributed by atoms with Crippen molar-refractivity contribution in [2.24, 2.45) is 0 Å². The Hall–Kier alpha value is -1.97. The number of hydrogen-bond donors (Lipinski definition) is 0. The van der Waals surface area contributed by atoms with Crippen LogP contribution in [0, 0.1) is 0 Å². The third-order valence-electron chi connectivity index (χ3n) is 14.0. The van der Waals surface area contributed by atoms with Crippen molar-refractivity contribution in [3.8, 4) is 0 Å². The lowest BCUT2D eigenvalue weighted by atomic mass is 10.0. The number of quaternary nitrogens is 1. The number of carboxylic acids is 1. The highest BCUT2D eigenvalue weighted by molar-refractivity contribution is 5.70. The Morgan fingerprint density at radius 1 is 0.408 bits per heavy atom. The van der Waals surface area contributed by atoms with Gasteiger partial charge < -0.3 is 33.3 Å². The van der Waals surface area contributed by atoms with E-state index in [-0.39, 0.29) is 32.2 Å². The molecule has 0 N–H and O–H groups in total.